The predicted octanol–water partition coefficient (Wildman–Crippen LogP) is 3.55. The monoisotopic (exact) mass is 309 g/mol. The van der Waals surface area contributed by atoms with Gasteiger partial charge in [-0.3, -0.25) is 4.79 Å². The third kappa shape index (κ3) is 3.83. The van der Waals surface area contributed by atoms with Crippen LogP contribution in [0, 0.1) is 5.41 Å². The molecule has 0 radical (unpaired) electrons. The number of nitrogens with zero attached hydrogens (tertiary/aromatic N) is 1. The molecule has 0 bridgehead atoms. The fraction of sp³-hybridized carbons (Fsp3) is 0.750. The third-order valence-electron chi connectivity index (χ3n) is 4.18. The number of carbonyl (C=O) groups is 1. The first-order valence-electron chi connectivity index (χ1n) is 7.85. The van der Waals surface area contributed by atoms with Crippen LogP contribution < -0.4 is 10.6 Å². The van der Waals surface area contributed by atoms with Crippen LogP contribution in [0.2, 0.25) is 0 Å². The van der Waals surface area contributed by atoms with Gasteiger partial charge in [-0.15, -0.1) is 11.3 Å². The normalized spacial score (nSPS) is 23.0. The van der Waals surface area contributed by atoms with Crippen LogP contribution >= 0.6 is 11.3 Å². The standard InChI is InChI=1S/C16H27N3OS/c1-5-7-16(8-6-9-17-11-16)13(20)19-14-18-12(10-21-14)15(2,3)4/h10,17H,5-9,11H2,1-4H3,(H,18,19,20). The van der Waals surface area contributed by atoms with E-state index >= 15 is 0 Å². The second kappa shape index (κ2) is 6.44. The van der Waals surface area contributed by atoms with Crippen molar-refractivity contribution in [2.45, 2.75) is 58.8 Å². The molecule has 2 heterocycles. The van der Waals surface area contributed by atoms with E-state index in [-0.39, 0.29) is 16.7 Å². The summed E-state index contributed by atoms with van der Waals surface area (Å²) in [6.07, 6.45) is 4.00. The largest absolute Gasteiger partial charge is 0.316 e. The maximum absolute atomic E-state index is 12.8. The van der Waals surface area contributed by atoms with E-state index in [2.05, 4.69) is 43.3 Å². The molecule has 2 rings (SSSR count). The summed E-state index contributed by atoms with van der Waals surface area (Å²) < 4.78 is 0. The first kappa shape index (κ1) is 16.4. The summed E-state index contributed by atoms with van der Waals surface area (Å²) in [5, 5.41) is 9.21. The second-order valence-electron chi connectivity index (χ2n) is 7.05. The lowest BCUT2D eigenvalue weighted by molar-refractivity contribution is -0.127. The number of carbonyl (C=O) groups excluding carboxylic acids is 1. The van der Waals surface area contributed by atoms with Crippen molar-refractivity contribution in [1.29, 1.82) is 0 Å². The van der Waals surface area contributed by atoms with Gasteiger partial charge in [-0.2, -0.15) is 0 Å². The van der Waals surface area contributed by atoms with Crippen molar-refractivity contribution in [3.05, 3.63) is 11.1 Å². The van der Waals surface area contributed by atoms with Crippen molar-refractivity contribution in [1.82, 2.24) is 10.3 Å². The molecule has 5 heteroatoms. The summed E-state index contributed by atoms with van der Waals surface area (Å²) in [7, 11) is 0. The first-order valence-corrected chi connectivity index (χ1v) is 8.73. The van der Waals surface area contributed by atoms with Gasteiger partial charge in [0, 0.05) is 17.3 Å². The maximum atomic E-state index is 12.8. The van der Waals surface area contributed by atoms with Gasteiger partial charge < -0.3 is 10.6 Å². The maximum Gasteiger partial charge on any atom is 0.233 e. The van der Waals surface area contributed by atoms with Crippen LogP contribution in [0.3, 0.4) is 0 Å². The van der Waals surface area contributed by atoms with Crippen LogP contribution in [0.4, 0.5) is 5.13 Å². The molecule has 118 valence electrons. The molecule has 21 heavy (non-hydrogen) atoms. The number of nitrogens with one attached hydrogen (secondary N) is 2. The van der Waals surface area contributed by atoms with Crippen molar-refractivity contribution < 1.29 is 4.79 Å². The van der Waals surface area contributed by atoms with Gasteiger partial charge in [0.15, 0.2) is 5.13 Å². The van der Waals surface area contributed by atoms with Crippen molar-refractivity contribution in [3.8, 4) is 0 Å². The van der Waals surface area contributed by atoms with Gasteiger partial charge >= 0.3 is 0 Å². The van der Waals surface area contributed by atoms with Crippen molar-refractivity contribution in [3.63, 3.8) is 0 Å². The summed E-state index contributed by atoms with van der Waals surface area (Å²) in [6, 6.07) is 0. The lowest BCUT2D eigenvalue weighted by Gasteiger charge is -2.35. The van der Waals surface area contributed by atoms with Gasteiger partial charge in [0.05, 0.1) is 11.1 Å². The summed E-state index contributed by atoms with van der Waals surface area (Å²) in [5.41, 5.74) is 0.794. The highest BCUT2D eigenvalue weighted by atomic mass is 32.1. The van der Waals surface area contributed by atoms with E-state index < -0.39 is 0 Å². The smallest absolute Gasteiger partial charge is 0.233 e. The van der Waals surface area contributed by atoms with Gasteiger partial charge in [0.2, 0.25) is 5.91 Å². The molecule has 1 aromatic rings. The Labute approximate surface area is 131 Å². The lowest BCUT2D eigenvalue weighted by Crippen LogP contribution is -2.48. The number of anilines is 1. The molecule has 1 aliphatic rings. The Hall–Kier alpha value is -0.940. The molecule has 1 aromatic heterocycles. The molecule has 1 aliphatic heterocycles. The van der Waals surface area contributed by atoms with E-state index in [1.165, 1.54) is 11.3 Å². The Kier molecular flexibility index (Phi) is 5.04. The Morgan fingerprint density at radius 2 is 2.29 bits per heavy atom. The molecule has 1 atom stereocenters. The first-order chi connectivity index (χ1) is 9.87. The number of hydrogen-bond acceptors (Lipinski definition) is 4. The minimum absolute atomic E-state index is 0.0208. The van der Waals surface area contributed by atoms with Gasteiger partial charge in [-0.05, 0) is 25.8 Å². The molecule has 0 saturated carbocycles. The van der Waals surface area contributed by atoms with Gasteiger partial charge in [-0.1, -0.05) is 34.1 Å². The molecule has 1 unspecified atom stereocenters. The molecule has 1 saturated heterocycles. The SMILES string of the molecule is CCCC1(C(=O)Nc2nc(C(C)(C)C)cs2)CCCNC1. The number of amides is 1. The molecule has 0 spiro atoms. The number of piperidine rings is 1. The van der Waals surface area contributed by atoms with Gasteiger partial charge in [-0.25, -0.2) is 4.98 Å². The molecular weight excluding hydrogens is 282 g/mol. The number of thiazole rings is 1. The van der Waals surface area contributed by atoms with Gasteiger partial charge in [0.1, 0.15) is 0 Å². The van der Waals surface area contributed by atoms with E-state index in [1.807, 2.05) is 5.38 Å². The van der Waals surface area contributed by atoms with E-state index in [1.54, 1.807) is 0 Å². The van der Waals surface area contributed by atoms with Crippen molar-refractivity contribution >= 4 is 22.4 Å². The van der Waals surface area contributed by atoms with E-state index in [9.17, 15) is 4.79 Å². The molecule has 2 N–H and O–H groups in total. The highest BCUT2D eigenvalue weighted by molar-refractivity contribution is 7.14. The zero-order valence-electron chi connectivity index (χ0n) is 13.6. The molecule has 0 aliphatic carbocycles. The molecule has 0 aromatic carbocycles. The van der Waals surface area contributed by atoms with E-state index in [4.69, 9.17) is 0 Å². The fourth-order valence-corrected chi connectivity index (χ4v) is 3.80. The van der Waals surface area contributed by atoms with Crippen LogP contribution in [0.15, 0.2) is 5.38 Å². The predicted molar refractivity (Wildman–Crippen MR) is 88.9 cm³/mol. The fourth-order valence-electron chi connectivity index (χ4n) is 2.87. The minimum Gasteiger partial charge on any atom is -0.316 e. The number of aromatic nitrogens is 1. The number of hydrogen-bond donors (Lipinski definition) is 2. The second-order valence-corrected chi connectivity index (χ2v) is 7.91. The topological polar surface area (TPSA) is 54.0 Å². The number of rotatable bonds is 4. The Balaban J connectivity index is 2.10. The average molecular weight is 309 g/mol. The van der Waals surface area contributed by atoms with Crippen molar-refractivity contribution in [2.75, 3.05) is 18.4 Å². The molecular formula is C16H27N3OS. The lowest BCUT2D eigenvalue weighted by atomic mass is 9.76. The summed E-state index contributed by atoms with van der Waals surface area (Å²) >= 11 is 1.52. The van der Waals surface area contributed by atoms with Crippen molar-refractivity contribution in [2.24, 2.45) is 5.41 Å². The Bertz CT molecular complexity index is 478. The summed E-state index contributed by atoms with van der Waals surface area (Å²) in [6.45, 7) is 10.4. The van der Waals surface area contributed by atoms with Crippen LogP contribution in [-0.4, -0.2) is 24.0 Å². The summed E-state index contributed by atoms with van der Waals surface area (Å²) in [4.78, 5) is 17.3. The Morgan fingerprint density at radius 1 is 1.52 bits per heavy atom. The highest BCUT2D eigenvalue weighted by Gasteiger charge is 2.39. The van der Waals surface area contributed by atoms with E-state index in [0.29, 0.717) is 0 Å². The molecule has 4 nitrogen and oxygen atoms in total. The molecule has 1 fully saturated rings. The summed E-state index contributed by atoms with van der Waals surface area (Å²) in [5.74, 6) is 0.131. The van der Waals surface area contributed by atoms with Gasteiger partial charge in [0.25, 0.3) is 0 Å². The van der Waals surface area contributed by atoms with Crippen LogP contribution in [0.25, 0.3) is 0 Å². The zero-order chi connectivity index (χ0) is 15.5. The Morgan fingerprint density at radius 3 is 2.81 bits per heavy atom. The van der Waals surface area contributed by atoms with Crippen LogP contribution in [0.1, 0.15) is 59.1 Å². The third-order valence-corrected chi connectivity index (χ3v) is 4.93. The minimum atomic E-state index is -0.263. The van der Waals surface area contributed by atoms with Crippen LogP contribution in [-0.2, 0) is 10.2 Å². The van der Waals surface area contributed by atoms with E-state index in [0.717, 1.165) is 49.6 Å². The van der Waals surface area contributed by atoms with Crippen LogP contribution in [0.5, 0.6) is 0 Å². The molecule has 1 amide bonds. The quantitative estimate of drug-likeness (QED) is 0.894. The average Bonchev–Trinajstić information content (AvgIpc) is 2.88. The highest BCUT2D eigenvalue weighted by Crippen LogP contribution is 2.34. The zero-order valence-corrected chi connectivity index (χ0v) is 14.4.